The first-order valence-electron chi connectivity index (χ1n) is 11.2. The first-order chi connectivity index (χ1) is 16.9. The Morgan fingerprint density at radius 1 is 1.36 bits per heavy atom. The summed E-state index contributed by atoms with van der Waals surface area (Å²) >= 11 is 6.19. The second-order valence-electron chi connectivity index (χ2n) is 8.86. The van der Waals surface area contributed by atoms with Crippen molar-refractivity contribution < 1.29 is 18.4 Å². The summed E-state index contributed by atoms with van der Waals surface area (Å²) < 4.78 is 20.2. The molecule has 0 aliphatic heterocycles. The Balaban J connectivity index is 1.94. The Bertz CT molecular complexity index is 1380. The van der Waals surface area contributed by atoms with Gasteiger partial charge in [-0.25, -0.2) is 14.3 Å². The highest BCUT2D eigenvalue weighted by atomic mass is 35.5. The van der Waals surface area contributed by atoms with E-state index < -0.39 is 29.4 Å². The van der Waals surface area contributed by atoms with E-state index in [1.54, 1.807) is 37.9 Å². The Morgan fingerprint density at radius 2 is 2.06 bits per heavy atom. The molecule has 36 heavy (non-hydrogen) atoms. The third kappa shape index (κ3) is 5.63. The molecule has 0 bridgehead atoms. The molecule has 0 saturated heterocycles. The highest BCUT2D eigenvalue weighted by Gasteiger charge is 2.33. The minimum atomic E-state index is -0.763. The normalized spacial score (nSPS) is 12.9. The number of nitrogens with zero attached hydrogens (tertiary/aromatic N) is 2. The summed E-state index contributed by atoms with van der Waals surface area (Å²) in [5, 5.41) is 9.23. The summed E-state index contributed by atoms with van der Waals surface area (Å²) in [6.07, 6.45) is 0.631. The van der Waals surface area contributed by atoms with Gasteiger partial charge in [-0.15, -0.1) is 5.10 Å². The molecule has 0 aliphatic rings. The van der Waals surface area contributed by atoms with Gasteiger partial charge in [0.2, 0.25) is 11.8 Å². The van der Waals surface area contributed by atoms with Crippen molar-refractivity contribution in [1.29, 1.82) is 0 Å². The maximum atomic E-state index is 14.9. The van der Waals surface area contributed by atoms with Crippen LogP contribution in [0, 0.1) is 19.7 Å². The van der Waals surface area contributed by atoms with Crippen LogP contribution in [-0.4, -0.2) is 40.9 Å². The Kier molecular flexibility index (Phi) is 8.27. The lowest BCUT2D eigenvalue weighted by Crippen LogP contribution is -2.36. The monoisotopic (exact) mass is 514 g/mol. The molecule has 1 amide bonds. The fraction of sp³-hybridized carbons (Fsp3) is 0.308. The lowest BCUT2D eigenvalue weighted by molar-refractivity contribution is -0.117. The molecule has 0 saturated carbocycles. The van der Waals surface area contributed by atoms with Crippen molar-refractivity contribution in [2.24, 2.45) is 0 Å². The molecule has 2 atom stereocenters. The number of hydrogen-bond donors (Lipinski definition) is 2. The highest BCUT2D eigenvalue weighted by molar-refractivity contribution is 6.31. The number of likely N-dealkylation sites (N-methyl/N-ethyl adjacent to an activating group) is 1. The number of halogens is 2. The summed E-state index contributed by atoms with van der Waals surface area (Å²) in [4.78, 5) is 38.1. The second kappa shape index (κ2) is 11.0. The number of amides is 1. The molecule has 0 aliphatic carbocycles. The predicted octanol–water partition coefficient (Wildman–Crippen LogP) is 5.03. The number of anilines is 1. The molecular formula is C26H28ClFN4O4. The lowest BCUT2D eigenvalue weighted by atomic mass is 9.87. The molecule has 190 valence electrons. The van der Waals surface area contributed by atoms with Gasteiger partial charge in [0.1, 0.15) is 5.82 Å². The number of aldehydes is 1. The number of carbonyl (C=O) groups excluding carboxylic acids is 2. The molecule has 0 fully saturated rings. The van der Waals surface area contributed by atoms with E-state index in [0.717, 1.165) is 11.1 Å². The van der Waals surface area contributed by atoms with Crippen molar-refractivity contribution in [3.05, 3.63) is 85.9 Å². The first kappa shape index (κ1) is 27.0. The van der Waals surface area contributed by atoms with Crippen LogP contribution in [0.1, 0.15) is 64.3 Å². The Labute approximate surface area is 213 Å². The van der Waals surface area contributed by atoms with Gasteiger partial charge in [-0.2, -0.15) is 0 Å². The average Bonchev–Trinajstić information content (AvgIpc) is 3.21. The Hall–Kier alpha value is -3.56. The highest BCUT2D eigenvalue weighted by Crippen LogP contribution is 2.37. The predicted molar refractivity (Wildman–Crippen MR) is 137 cm³/mol. The van der Waals surface area contributed by atoms with E-state index in [1.807, 2.05) is 13.8 Å². The van der Waals surface area contributed by atoms with Crippen LogP contribution in [0.4, 0.5) is 10.1 Å². The SMILES string of the molecule is C=C(C)c1cc(Cl)cc(NC(=O)CN(C)[C@H](c2n[nH]c(=O)o2)C(C)c2c(F)ccc(C)c2C)c1C=O. The summed E-state index contributed by atoms with van der Waals surface area (Å²) in [5.74, 6) is -2.16. The fourth-order valence-electron chi connectivity index (χ4n) is 4.39. The van der Waals surface area contributed by atoms with Crippen LogP contribution in [-0.2, 0) is 4.79 Å². The van der Waals surface area contributed by atoms with Gasteiger partial charge in [-0.1, -0.05) is 36.7 Å². The number of aromatic amines is 1. The molecule has 3 rings (SSSR count). The molecule has 2 aromatic carbocycles. The van der Waals surface area contributed by atoms with Gasteiger partial charge < -0.3 is 9.73 Å². The van der Waals surface area contributed by atoms with Gasteiger partial charge in [0, 0.05) is 16.5 Å². The van der Waals surface area contributed by atoms with E-state index in [0.29, 0.717) is 28.0 Å². The van der Waals surface area contributed by atoms with Crippen LogP contribution >= 0.6 is 11.6 Å². The van der Waals surface area contributed by atoms with E-state index in [-0.39, 0.29) is 23.7 Å². The number of H-pyrrole nitrogens is 1. The van der Waals surface area contributed by atoms with Crippen LogP contribution in [0.5, 0.6) is 0 Å². The minimum absolute atomic E-state index is 0.0176. The van der Waals surface area contributed by atoms with Crippen molar-refractivity contribution in [2.75, 3.05) is 18.9 Å². The van der Waals surface area contributed by atoms with Crippen LogP contribution in [0.2, 0.25) is 5.02 Å². The number of allylic oxidation sites excluding steroid dienone is 1. The van der Waals surface area contributed by atoms with Gasteiger partial charge in [-0.05, 0) is 68.3 Å². The van der Waals surface area contributed by atoms with E-state index in [4.69, 9.17) is 16.0 Å². The van der Waals surface area contributed by atoms with Gasteiger partial charge in [0.25, 0.3) is 0 Å². The van der Waals surface area contributed by atoms with Crippen LogP contribution in [0.15, 0.2) is 40.1 Å². The zero-order valence-corrected chi connectivity index (χ0v) is 21.5. The van der Waals surface area contributed by atoms with E-state index in [1.165, 1.54) is 12.1 Å². The zero-order valence-electron chi connectivity index (χ0n) is 20.7. The molecule has 0 spiro atoms. The van der Waals surface area contributed by atoms with E-state index in [2.05, 4.69) is 22.1 Å². The second-order valence-corrected chi connectivity index (χ2v) is 9.30. The molecule has 1 heterocycles. The molecule has 1 aromatic heterocycles. The number of hydrogen-bond acceptors (Lipinski definition) is 6. The summed E-state index contributed by atoms with van der Waals surface area (Å²) in [7, 11) is 1.64. The zero-order chi connectivity index (χ0) is 26.7. The number of carbonyl (C=O) groups is 2. The topological polar surface area (TPSA) is 108 Å². The largest absolute Gasteiger partial charge is 0.434 e. The van der Waals surface area contributed by atoms with Crippen LogP contribution < -0.4 is 11.1 Å². The molecule has 10 heteroatoms. The maximum absolute atomic E-state index is 14.9. The fourth-order valence-corrected chi connectivity index (χ4v) is 4.61. The van der Waals surface area contributed by atoms with Gasteiger partial charge in [-0.3, -0.25) is 14.5 Å². The smallest absolute Gasteiger partial charge is 0.391 e. The molecule has 8 nitrogen and oxygen atoms in total. The van der Waals surface area contributed by atoms with Crippen molar-refractivity contribution in [3.8, 4) is 0 Å². The number of rotatable bonds is 9. The molecule has 3 aromatic rings. The Morgan fingerprint density at radius 3 is 2.64 bits per heavy atom. The van der Waals surface area contributed by atoms with Crippen LogP contribution in [0.3, 0.4) is 0 Å². The summed E-state index contributed by atoms with van der Waals surface area (Å²) in [6.45, 7) is 10.9. The maximum Gasteiger partial charge on any atom is 0.434 e. The quantitative estimate of drug-likeness (QED) is 0.387. The van der Waals surface area contributed by atoms with Crippen LogP contribution in [0.25, 0.3) is 5.57 Å². The molecule has 0 radical (unpaired) electrons. The van der Waals surface area contributed by atoms with Gasteiger partial charge in [0.05, 0.1) is 18.3 Å². The van der Waals surface area contributed by atoms with E-state index >= 15 is 0 Å². The number of aromatic nitrogens is 2. The minimum Gasteiger partial charge on any atom is -0.391 e. The van der Waals surface area contributed by atoms with Gasteiger partial charge in [0.15, 0.2) is 6.29 Å². The van der Waals surface area contributed by atoms with Crippen molar-refractivity contribution in [2.45, 2.75) is 39.7 Å². The number of aryl methyl sites for hydroxylation is 1. The molecular weight excluding hydrogens is 487 g/mol. The molecule has 2 N–H and O–H groups in total. The van der Waals surface area contributed by atoms with Crippen molar-refractivity contribution in [1.82, 2.24) is 15.1 Å². The van der Waals surface area contributed by atoms with Crippen molar-refractivity contribution in [3.63, 3.8) is 0 Å². The van der Waals surface area contributed by atoms with Crippen molar-refractivity contribution >= 4 is 35.1 Å². The first-order valence-corrected chi connectivity index (χ1v) is 11.6. The van der Waals surface area contributed by atoms with Gasteiger partial charge >= 0.3 is 5.76 Å². The summed E-state index contributed by atoms with van der Waals surface area (Å²) in [5.41, 5.74) is 3.72. The van der Waals surface area contributed by atoms with E-state index in [9.17, 15) is 18.8 Å². The average molecular weight is 515 g/mol. The number of nitrogens with one attached hydrogen (secondary N) is 2. The number of benzene rings is 2. The third-order valence-electron chi connectivity index (χ3n) is 6.23. The lowest BCUT2D eigenvalue weighted by Gasteiger charge is -2.31. The molecule has 1 unspecified atom stereocenters. The third-order valence-corrected chi connectivity index (χ3v) is 6.45. The summed E-state index contributed by atoms with van der Waals surface area (Å²) in [6, 6.07) is 5.40. The standard InChI is InChI=1S/C26H28ClFN4O4/c1-13(2)18-9-17(27)10-21(19(18)12-33)29-22(34)11-32(6)24(25-30-31-26(35)36-25)16(5)23-15(4)14(3)7-8-20(23)28/h7-10,12,16,24H,1,11H2,2-6H3,(H,29,34)(H,31,35)/t16?,24-/m0/s1.